The molecule has 9 nitrogen and oxygen atoms in total. The average molecular weight is 374 g/mol. The molecule has 2 aromatic rings. The van der Waals surface area contributed by atoms with Crippen LogP contribution in [0.3, 0.4) is 0 Å². The molecule has 2 rings (SSSR count). The Labute approximate surface area is 155 Å². The van der Waals surface area contributed by atoms with Crippen molar-refractivity contribution in [2.24, 2.45) is 0 Å². The third kappa shape index (κ3) is 5.70. The van der Waals surface area contributed by atoms with E-state index in [2.05, 4.69) is 5.32 Å². The second-order valence-electron chi connectivity index (χ2n) is 5.41. The number of benzene rings is 2. The van der Waals surface area contributed by atoms with Crippen LogP contribution in [0.2, 0.25) is 0 Å². The van der Waals surface area contributed by atoms with E-state index in [-0.39, 0.29) is 17.9 Å². The zero-order valence-electron chi connectivity index (χ0n) is 14.7. The van der Waals surface area contributed by atoms with E-state index >= 15 is 0 Å². The normalized spacial score (nSPS) is 11.2. The number of amides is 1. The van der Waals surface area contributed by atoms with Gasteiger partial charge < -0.3 is 19.5 Å². The highest BCUT2D eigenvalue weighted by Crippen LogP contribution is 2.18. The van der Waals surface area contributed by atoms with Crippen LogP contribution in [0.25, 0.3) is 0 Å². The van der Waals surface area contributed by atoms with E-state index in [9.17, 15) is 19.7 Å². The number of non-ortho nitro benzene ring substituents is 1. The number of hydrogen-bond donors (Lipinski definition) is 1. The molecule has 1 unspecified atom stereocenters. The van der Waals surface area contributed by atoms with E-state index in [0.717, 1.165) is 5.56 Å². The Bertz CT molecular complexity index is 803. The van der Waals surface area contributed by atoms with Crippen LogP contribution in [-0.2, 0) is 16.0 Å². The Hall–Kier alpha value is -3.62. The van der Waals surface area contributed by atoms with Crippen LogP contribution in [0.1, 0.15) is 5.56 Å². The van der Waals surface area contributed by atoms with Gasteiger partial charge in [0.25, 0.3) is 5.69 Å². The fraction of sp³-hybridized carbons (Fsp3) is 0.222. The molecule has 0 aliphatic rings. The topological polar surface area (TPSA) is 117 Å². The molecule has 0 saturated heterocycles. The Balaban J connectivity index is 2.02. The number of rotatable bonds is 7. The number of methoxy groups -OCH3 is 2. The summed E-state index contributed by atoms with van der Waals surface area (Å²) in [5.74, 6) is 0.136. The molecule has 0 aliphatic carbocycles. The third-order valence-electron chi connectivity index (χ3n) is 3.63. The number of carbonyl (C=O) groups excluding carboxylic acids is 2. The van der Waals surface area contributed by atoms with Gasteiger partial charge in [0.1, 0.15) is 17.5 Å². The van der Waals surface area contributed by atoms with Crippen LogP contribution >= 0.6 is 0 Å². The highest BCUT2D eigenvalue weighted by molar-refractivity contribution is 5.82. The molecule has 2 aromatic carbocycles. The molecule has 0 heterocycles. The van der Waals surface area contributed by atoms with Gasteiger partial charge in [0.15, 0.2) is 0 Å². The van der Waals surface area contributed by atoms with Gasteiger partial charge in [0, 0.05) is 18.6 Å². The van der Waals surface area contributed by atoms with Gasteiger partial charge in [-0.25, -0.2) is 9.59 Å². The molecule has 27 heavy (non-hydrogen) atoms. The fourth-order valence-corrected chi connectivity index (χ4v) is 2.25. The summed E-state index contributed by atoms with van der Waals surface area (Å²) in [7, 11) is 2.76. The number of hydrogen-bond acceptors (Lipinski definition) is 7. The summed E-state index contributed by atoms with van der Waals surface area (Å²) in [6, 6.07) is 11.0. The molecule has 0 bridgehead atoms. The second kappa shape index (κ2) is 9.18. The predicted octanol–water partition coefficient (Wildman–Crippen LogP) is 2.48. The van der Waals surface area contributed by atoms with Gasteiger partial charge in [-0.3, -0.25) is 10.1 Å². The van der Waals surface area contributed by atoms with E-state index in [1.54, 1.807) is 31.4 Å². The third-order valence-corrected chi connectivity index (χ3v) is 3.63. The zero-order valence-corrected chi connectivity index (χ0v) is 14.7. The van der Waals surface area contributed by atoms with Crippen molar-refractivity contribution in [2.75, 3.05) is 14.2 Å². The molecule has 1 amide bonds. The lowest BCUT2D eigenvalue weighted by atomic mass is 10.1. The predicted molar refractivity (Wildman–Crippen MR) is 94.8 cm³/mol. The van der Waals surface area contributed by atoms with Crippen molar-refractivity contribution in [1.82, 2.24) is 5.32 Å². The standard InChI is InChI=1S/C18H18N2O7/c1-25-14-7-3-12(4-8-14)11-16(17(21)26-2)19-18(22)27-15-9-5-13(6-10-15)20(23)24/h3-10,16H,11H2,1-2H3,(H,19,22). The van der Waals surface area contributed by atoms with Crippen molar-refractivity contribution in [3.8, 4) is 11.5 Å². The molecule has 142 valence electrons. The summed E-state index contributed by atoms with van der Waals surface area (Å²) in [4.78, 5) is 34.1. The number of nitro benzene ring substituents is 1. The van der Waals surface area contributed by atoms with Gasteiger partial charge in [-0.1, -0.05) is 12.1 Å². The summed E-state index contributed by atoms with van der Waals surface area (Å²) in [6.45, 7) is 0. The number of carbonyl (C=O) groups is 2. The minimum absolute atomic E-state index is 0.103. The Morgan fingerprint density at radius 2 is 1.63 bits per heavy atom. The fourth-order valence-electron chi connectivity index (χ4n) is 2.25. The van der Waals surface area contributed by atoms with Crippen LogP contribution in [0.4, 0.5) is 10.5 Å². The molecule has 0 radical (unpaired) electrons. The smallest absolute Gasteiger partial charge is 0.413 e. The van der Waals surface area contributed by atoms with Crippen LogP contribution in [0, 0.1) is 10.1 Å². The number of ether oxygens (including phenoxy) is 3. The summed E-state index contributed by atoms with van der Waals surface area (Å²) < 4.78 is 14.8. The van der Waals surface area contributed by atoms with Crippen LogP contribution in [0.5, 0.6) is 11.5 Å². The zero-order chi connectivity index (χ0) is 19.8. The number of nitro groups is 1. The molecule has 0 saturated carbocycles. The minimum atomic E-state index is -0.964. The lowest BCUT2D eigenvalue weighted by molar-refractivity contribution is -0.384. The average Bonchev–Trinajstić information content (AvgIpc) is 2.67. The molecule has 1 atom stereocenters. The van der Waals surface area contributed by atoms with Crippen molar-refractivity contribution in [3.05, 3.63) is 64.2 Å². The van der Waals surface area contributed by atoms with E-state index < -0.39 is 23.0 Å². The van der Waals surface area contributed by atoms with E-state index in [4.69, 9.17) is 14.2 Å². The monoisotopic (exact) mass is 374 g/mol. The number of esters is 1. The van der Waals surface area contributed by atoms with Crippen molar-refractivity contribution < 1.29 is 28.7 Å². The van der Waals surface area contributed by atoms with Crippen molar-refractivity contribution in [3.63, 3.8) is 0 Å². The van der Waals surface area contributed by atoms with E-state index in [0.29, 0.717) is 5.75 Å². The number of nitrogens with one attached hydrogen (secondary N) is 1. The van der Waals surface area contributed by atoms with Gasteiger partial charge >= 0.3 is 12.1 Å². The van der Waals surface area contributed by atoms with Crippen LogP contribution < -0.4 is 14.8 Å². The highest BCUT2D eigenvalue weighted by atomic mass is 16.6. The lowest BCUT2D eigenvalue weighted by Crippen LogP contribution is -2.44. The lowest BCUT2D eigenvalue weighted by Gasteiger charge is -2.16. The maximum Gasteiger partial charge on any atom is 0.413 e. The first-order valence-electron chi connectivity index (χ1n) is 7.86. The molecule has 0 aromatic heterocycles. The summed E-state index contributed by atoms with van der Waals surface area (Å²) in [5, 5.41) is 13.1. The molecular weight excluding hydrogens is 356 g/mol. The second-order valence-corrected chi connectivity index (χ2v) is 5.41. The van der Waals surface area contributed by atoms with Gasteiger partial charge in [0.2, 0.25) is 0 Å². The SMILES string of the molecule is COC(=O)C(Cc1ccc(OC)cc1)NC(=O)Oc1ccc([N+](=O)[O-])cc1. The molecule has 0 fully saturated rings. The van der Waals surface area contributed by atoms with Gasteiger partial charge in [-0.05, 0) is 29.8 Å². The van der Waals surface area contributed by atoms with Crippen molar-refractivity contribution >= 4 is 17.7 Å². The number of nitrogens with zero attached hydrogens (tertiary/aromatic N) is 1. The van der Waals surface area contributed by atoms with Crippen LogP contribution in [-0.4, -0.2) is 37.2 Å². The van der Waals surface area contributed by atoms with E-state index in [1.807, 2.05) is 0 Å². The first-order chi connectivity index (χ1) is 12.9. The largest absolute Gasteiger partial charge is 0.497 e. The van der Waals surface area contributed by atoms with Gasteiger partial charge in [0.05, 0.1) is 19.1 Å². The van der Waals surface area contributed by atoms with Crippen LogP contribution in [0.15, 0.2) is 48.5 Å². The Kier molecular flexibility index (Phi) is 6.70. The maximum atomic E-state index is 12.1. The summed E-state index contributed by atoms with van der Waals surface area (Å²) in [5.41, 5.74) is 0.650. The Morgan fingerprint density at radius 1 is 1.04 bits per heavy atom. The van der Waals surface area contributed by atoms with E-state index in [1.165, 1.54) is 31.4 Å². The van der Waals surface area contributed by atoms with Crippen molar-refractivity contribution in [1.29, 1.82) is 0 Å². The summed E-state index contributed by atoms with van der Waals surface area (Å²) >= 11 is 0. The molecular formula is C18H18N2O7. The van der Waals surface area contributed by atoms with Gasteiger partial charge in [-0.2, -0.15) is 0 Å². The first kappa shape index (κ1) is 19.7. The minimum Gasteiger partial charge on any atom is -0.497 e. The molecule has 0 spiro atoms. The van der Waals surface area contributed by atoms with Gasteiger partial charge in [-0.15, -0.1) is 0 Å². The molecule has 0 aliphatic heterocycles. The first-order valence-corrected chi connectivity index (χ1v) is 7.86. The highest BCUT2D eigenvalue weighted by Gasteiger charge is 2.23. The molecule has 1 N–H and O–H groups in total. The van der Waals surface area contributed by atoms with Crippen molar-refractivity contribution in [2.45, 2.75) is 12.5 Å². The Morgan fingerprint density at radius 3 is 2.15 bits per heavy atom. The molecule has 9 heteroatoms. The quantitative estimate of drug-likeness (QED) is 0.449. The summed E-state index contributed by atoms with van der Waals surface area (Å²) in [6.07, 6.45) is -0.695. The maximum absolute atomic E-state index is 12.1.